The highest BCUT2D eigenvalue weighted by Gasteiger charge is 2.26. The summed E-state index contributed by atoms with van der Waals surface area (Å²) in [5, 5.41) is 3.43. The molecule has 0 spiro atoms. The monoisotopic (exact) mass is 394 g/mol. The lowest BCUT2D eigenvalue weighted by Gasteiger charge is -2.22. The molecule has 2 amide bonds. The van der Waals surface area contributed by atoms with Crippen LogP contribution in [-0.2, 0) is 13.0 Å². The molecule has 0 bridgehead atoms. The second-order valence-corrected chi connectivity index (χ2v) is 7.56. The van der Waals surface area contributed by atoms with E-state index >= 15 is 0 Å². The fourth-order valence-electron chi connectivity index (χ4n) is 2.97. The highest BCUT2D eigenvalue weighted by atomic mass is 35.5. The van der Waals surface area contributed by atoms with Gasteiger partial charge in [-0.05, 0) is 43.3 Å². The molecule has 0 radical (unpaired) electrons. The van der Waals surface area contributed by atoms with E-state index in [0.29, 0.717) is 16.1 Å². The number of halogens is 1. The fourth-order valence-corrected chi connectivity index (χ4v) is 4.29. The van der Waals surface area contributed by atoms with Crippen molar-refractivity contribution >= 4 is 46.2 Å². The van der Waals surface area contributed by atoms with Gasteiger partial charge < -0.3 is 20.9 Å². The van der Waals surface area contributed by atoms with Gasteiger partial charge >= 0.3 is 0 Å². The number of carbonyl (C=O) groups excluding carboxylic acids is 2. The number of fused-ring (bicyclic) bond motifs is 1. The number of hydrogen-bond acceptors (Lipinski definition) is 5. The molecule has 1 aliphatic heterocycles. The van der Waals surface area contributed by atoms with Gasteiger partial charge in [0.05, 0.1) is 5.56 Å². The van der Waals surface area contributed by atoms with Crippen LogP contribution in [-0.4, -0.2) is 44.4 Å². The molecule has 0 atom stereocenters. The molecule has 0 aliphatic carbocycles. The third-order valence-corrected chi connectivity index (χ3v) is 5.50. The molecule has 1 aromatic heterocycles. The Hall–Kier alpha value is -2.09. The molecule has 3 N–H and O–H groups in total. The van der Waals surface area contributed by atoms with Gasteiger partial charge in [0.15, 0.2) is 0 Å². The predicted molar refractivity (Wildman–Crippen MR) is 109 cm³/mol. The Morgan fingerprint density at radius 2 is 1.88 bits per heavy atom. The first-order valence-electron chi connectivity index (χ1n) is 8.08. The topological polar surface area (TPSA) is 78.7 Å². The van der Waals surface area contributed by atoms with E-state index < -0.39 is 5.91 Å². The average Bonchev–Trinajstić information content (AvgIpc) is 2.91. The van der Waals surface area contributed by atoms with Crippen molar-refractivity contribution in [3.63, 3.8) is 0 Å². The van der Waals surface area contributed by atoms with E-state index in [9.17, 15) is 9.59 Å². The first-order chi connectivity index (χ1) is 11.9. The molecule has 8 heteroatoms. The number of hydrogen-bond donors (Lipinski definition) is 2. The Morgan fingerprint density at radius 1 is 1.23 bits per heavy atom. The van der Waals surface area contributed by atoms with Crippen LogP contribution < -0.4 is 16.0 Å². The predicted octanol–water partition coefficient (Wildman–Crippen LogP) is 2.58. The molecule has 140 valence electrons. The molecule has 0 saturated carbocycles. The molecule has 1 aliphatic rings. The number of nitrogens with two attached hydrogens (primary N) is 1. The van der Waals surface area contributed by atoms with Crippen LogP contribution in [0.3, 0.4) is 0 Å². The van der Waals surface area contributed by atoms with E-state index in [1.807, 2.05) is 38.2 Å². The van der Waals surface area contributed by atoms with Gasteiger partial charge in [0.1, 0.15) is 5.00 Å². The van der Waals surface area contributed by atoms with E-state index in [-0.39, 0.29) is 18.3 Å². The first-order valence-corrected chi connectivity index (χ1v) is 8.90. The summed E-state index contributed by atoms with van der Waals surface area (Å²) >= 11 is 1.44. The molecule has 0 saturated heterocycles. The molecule has 2 heterocycles. The third-order valence-electron chi connectivity index (χ3n) is 4.37. The van der Waals surface area contributed by atoms with Crippen molar-refractivity contribution in [1.82, 2.24) is 4.90 Å². The van der Waals surface area contributed by atoms with Crippen molar-refractivity contribution in [2.75, 3.05) is 37.9 Å². The summed E-state index contributed by atoms with van der Waals surface area (Å²) in [5.74, 6) is -0.722. The van der Waals surface area contributed by atoms with Gasteiger partial charge in [-0.3, -0.25) is 9.59 Å². The number of amides is 2. The summed E-state index contributed by atoms with van der Waals surface area (Å²) in [4.78, 5) is 29.8. The lowest BCUT2D eigenvalue weighted by Crippen LogP contribution is -2.27. The Balaban J connectivity index is 0.00000243. The van der Waals surface area contributed by atoms with Crippen LogP contribution in [0.15, 0.2) is 24.3 Å². The zero-order chi connectivity index (χ0) is 18.1. The van der Waals surface area contributed by atoms with Gasteiger partial charge in [0, 0.05) is 43.3 Å². The normalized spacial score (nSPS) is 13.5. The van der Waals surface area contributed by atoms with Gasteiger partial charge in [-0.15, -0.1) is 23.7 Å². The van der Waals surface area contributed by atoms with Gasteiger partial charge in [-0.2, -0.15) is 0 Å². The second-order valence-electron chi connectivity index (χ2n) is 6.46. The number of benzene rings is 1. The maximum Gasteiger partial charge on any atom is 0.256 e. The average molecular weight is 395 g/mol. The summed E-state index contributed by atoms with van der Waals surface area (Å²) in [6, 6.07) is 7.32. The SMILES string of the molecule is CN1CCc2c(sc(NC(=O)c3ccc(N(C)C)cc3)c2C(N)=O)C1.Cl. The fraction of sp³-hybridized carbons (Fsp3) is 0.333. The van der Waals surface area contributed by atoms with E-state index in [2.05, 4.69) is 10.2 Å². The molecule has 6 nitrogen and oxygen atoms in total. The van der Waals surface area contributed by atoms with Crippen LogP contribution in [0.4, 0.5) is 10.7 Å². The number of rotatable bonds is 4. The Labute approximate surface area is 163 Å². The van der Waals surface area contributed by atoms with Crippen molar-refractivity contribution < 1.29 is 9.59 Å². The highest BCUT2D eigenvalue weighted by molar-refractivity contribution is 7.17. The third kappa shape index (κ3) is 4.00. The van der Waals surface area contributed by atoms with Crippen LogP contribution in [0.2, 0.25) is 0 Å². The van der Waals surface area contributed by atoms with Crippen LogP contribution in [0.25, 0.3) is 0 Å². The Kier molecular flexibility index (Phi) is 6.28. The molecular weight excluding hydrogens is 372 g/mol. The summed E-state index contributed by atoms with van der Waals surface area (Å²) in [5.41, 5.74) is 8.59. The molecule has 0 unspecified atom stereocenters. The lowest BCUT2D eigenvalue weighted by atomic mass is 10.0. The largest absolute Gasteiger partial charge is 0.378 e. The zero-order valence-electron chi connectivity index (χ0n) is 15.0. The van der Waals surface area contributed by atoms with Crippen molar-refractivity contribution in [3.8, 4) is 0 Å². The standard InChI is InChI=1S/C18H22N4O2S.ClH/c1-21(2)12-6-4-11(5-7-12)17(24)20-18-15(16(19)23)13-8-9-22(3)10-14(13)25-18;/h4-7H,8-10H2,1-3H3,(H2,19,23)(H,20,24);1H. The smallest absolute Gasteiger partial charge is 0.256 e. The van der Waals surface area contributed by atoms with Gasteiger partial charge in [-0.25, -0.2) is 0 Å². The quantitative estimate of drug-likeness (QED) is 0.835. The van der Waals surface area contributed by atoms with Crippen LogP contribution >= 0.6 is 23.7 Å². The molecule has 2 aromatic rings. The number of thiophene rings is 1. The van der Waals surface area contributed by atoms with Crippen molar-refractivity contribution in [3.05, 3.63) is 45.8 Å². The highest BCUT2D eigenvalue weighted by Crippen LogP contribution is 2.36. The number of nitrogens with one attached hydrogen (secondary N) is 1. The van der Waals surface area contributed by atoms with Crippen LogP contribution in [0.5, 0.6) is 0 Å². The van der Waals surface area contributed by atoms with Crippen LogP contribution in [0, 0.1) is 0 Å². The van der Waals surface area contributed by atoms with E-state index in [1.165, 1.54) is 11.3 Å². The lowest BCUT2D eigenvalue weighted by molar-refractivity contribution is 0.1000. The molecule has 1 aromatic carbocycles. The summed E-state index contributed by atoms with van der Waals surface area (Å²) in [7, 11) is 5.93. The van der Waals surface area contributed by atoms with E-state index in [0.717, 1.165) is 35.6 Å². The van der Waals surface area contributed by atoms with Crippen LogP contribution in [0.1, 0.15) is 31.2 Å². The van der Waals surface area contributed by atoms with Gasteiger partial charge in [-0.1, -0.05) is 0 Å². The molecule has 3 rings (SSSR count). The van der Waals surface area contributed by atoms with E-state index in [4.69, 9.17) is 5.73 Å². The number of carbonyl (C=O) groups is 2. The molecular formula is C18H23ClN4O2S. The minimum absolute atomic E-state index is 0. The van der Waals surface area contributed by atoms with Gasteiger partial charge in [0.25, 0.3) is 11.8 Å². The number of likely N-dealkylation sites (N-methyl/N-ethyl adjacent to an activating group) is 1. The molecule has 0 fully saturated rings. The van der Waals surface area contributed by atoms with Gasteiger partial charge in [0.2, 0.25) is 0 Å². The van der Waals surface area contributed by atoms with Crippen molar-refractivity contribution in [2.45, 2.75) is 13.0 Å². The minimum Gasteiger partial charge on any atom is -0.378 e. The first kappa shape index (κ1) is 20.2. The second kappa shape index (κ2) is 8.07. The van der Waals surface area contributed by atoms with Crippen molar-refractivity contribution in [1.29, 1.82) is 0 Å². The Morgan fingerprint density at radius 3 is 2.46 bits per heavy atom. The van der Waals surface area contributed by atoms with Crippen molar-refractivity contribution in [2.24, 2.45) is 5.73 Å². The zero-order valence-corrected chi connectivity index (χ0v) is 16.7. The number of nitrogens with zero attached hydrogens (tertiary/aromatic N) is 2. The maximum atomic E-state index is 12.6. The summed E-state index contributed by atoms with van der Waals surface area (Å²) < 4.78 is 0. The maximum absolute atomic E-state index is 12.6. The summed E-state index contributed by atoms with van der Waals surface area (Å²) in [6.07, 6.45) is 0.772. The number of primary amides is 1. The molecule has 26 heavy (non-hydrogen) atoms. The van der Waals surface area contributed by atoms with E-state index in [1.54, 1.807) is 12.1 Å². The minimum atomic E-state index is -0.486. The number of anilines is 2. The summed E-state index contributed by atoms with van der Waals surface area (Å²) in [6.45, 7) is 1.65. The Bertz CT molecular complexity index is 817.